The van der Waals surface area contributed by atoms with Gasteiger partial charge in [0.05, 0.1) is 50.6 Å². The maximum absolute atomic E-state index is 9.89. The lowest BCUT2D eigenvalue weighted by molar-refractivity contribution is -0.366. The Kier molecular flexibility index (Phi) is 10.6. The van der Waals surface area contributed by atoms with Crippen LogP contribution < -0.4 is 20.7 Å². The van der Waals surface area contributed by atoms with E-state index in [1.807, 2.05) is 0 Å². The number of benzene rings is 2. The van der Waals surface area contributed by atoms with Crippen molar-refractivity contribution >= 4 is 32.5 Å². The maximum Gasteiger partial charge on any atom is 0.121 e. The van der Waals surface area contributed by atoms with Gasteiger partial charge in [-0.1, -0.05) is 36.4 Å². The molecule has 0 N–H and O–H groups in total. The van der Waals surface area contributed by atoms with Crippen LogP contribution in [0, 0.1) is 0 Å². The van der Waals surface area contributed by atoms with Crippen LogP contribution in [0.15, 0.2) is 60.7 Å². The Labute approximate surface area is 148 Å². The first-order chi connectivity index (χ1) is 10.9. The fraction of sp³-hybridized carbons (Fsp3) is 0.333. The second-order valence-electron chi connectivity index (χ2n) is 6.97. The van der Waals surface area contributed by atoms with Gasteiger partial charge in [0.1, 0.15) is 7.40 Å². The molecule has 0 aliphatic carbocycles. The summed E-state index contributed by atoms with van der Waals surface area (Å²) < 4.78 is 9.89. The van der Waals surface area contributed by atoms with Gasteiger partial charge in [-0.05, 0) is 24.3 Å². The minimum Gasteiger partial charge on any atom is -0.867 e. The molecule has 2 nitrogen and oxygen atoms in total. The van der Waals surface area contributed by atoms with Crippen molar-refractivity contribution in [2.45, 2.75) is 0 Å². The Morgan fingerprint density at radius 3 is 0.958 bits per heavy atom. The third-order valence-corrected chi connectivity index (χ3v) is 6.76. The molecule has 0 atom stereocenters. The molecule has 0 bridgehead atoms. The Morgan fingerprint density at radius 1 is 0.625 bits per heavy atom. The average molecular weight is 368 g/mol. The summed E-state index contributed by atoms with van der Waals surface area (Å²) in [5.74, 6) is 0. The highest BCUT2D eigenvalue weighted by Gasteiger charge is 2.20. The molecule has 0 aliphatic heterocycles. The molecule has 24 heavy (non-hydrogen) atoms. The van der Waals surface area contributed by atoms with Gasteiger partial charge in [0, 0.05) is 14.5 Å². The van der Waals surface area contributed by atoms with E-state index in [0.29, 0.717) is 0 Å². The van der Waals surface area contributed by atoms with Crippen molar-refractivity contribution in [1.82, 2.24) is 0 Å². The minimum absolute atomic E-state index is 0.768. The molecule has 6 heteroatoms. The van der Waals surface area contributed by atoms with Gasteiger partial charge in [-0.25, -0.2) is 0 Å². The molecule has 0 amide bonds. The summed E-state index contributed by atoms with van der Waals surface area (Å²) >= 11 is 0. The lowest BCUT2D eigenvalue weighted by Gasteiger charge is -2.10. The van der Waals surface area contributed by atoms with Gasteiger partial charge in [-0.15, -0.1) is 0 Å². The van der Waals surface area contributed by atoms with Crippen molar-refractivity contribution in [2.75, 3.05) is 40.0 Å². The monoisotopic (exact) mass is 368 g/mol. The summed E-state index contributed by atoms with van der Waals surface area (Å²) in [4.78, 5) is 0. The molecule has 0 heterocycles. The molecule has 0 unspecified atom stereocenters. The summed E-state index contributed by atoms with van der Waals surface area (Å²) in [6.45, 7) is 14.0. The van der Waals surface area contributed by atoms with Crippen LogP contribution in [-0.4, -0.2) is 47.4 Å². The van der Waals surface area contributed by atoms with E-state index < -0.39 is 21.9 Å². The van der Waals surface area contributed by atoms with Crippen LogP contribution in [0.4, 0.5) is 4.32 Å². The molecule has 0 saturated carbocycles. The average Bonchev–Trinajstić information content (AvgIpc) is 2.47. The van der Waals surface area contributed by atoms with Gasteiger partial charge in [0.2, 0.25) is 0 Å². The molecule has 2 rings (SSSR count). The highest BCUT2D eigenvalue weighted by Crippen LogP contribution is 2.45. The van der Waals surface area contributed by atoms with Crippen LogP contribution in [0.2, 0.25) is 0 Å². The minimum atomic E-state index is -3.17. The number of rotatable bonds is 2. The van der Waals surface area contributed by atoms with Crippen LogP contribution >= 0.6 is 14.5 Å². The van der Waals surface area contributed by atoms with E-state index in [9.17, 15) is 4.32 Å². The fourth-order valence-corrected chi connectivity index (χ4v) is 3.88. The third kappa shape index (κ3) is 11.7. The normalized spacial score (nSPS) is 10.7. The molecule has 2 aromatic rings. The molecule has 2 aromatic carbocycles. The Hall–Kier alpha value is -0.785. The molecule has 0 fully saturated rings. The van der Waals surface area contributed by atoms with Gasteiger partial charge in [0.15, 0.2) is 0 Å². The molecular formula is C18H28BFO2P2. The predicted octanol–water partition coefficient (Wildman–Crippen LogP) is 2.10. The van der Waals surface area contributed by atoms with E-state index in [-0.39, 0.29) is 0 Å². The molecular weight excluding hydrogens is 340 g/mol. The summed E-state index contributed by atoms with van der Waals surface area (Å²) in [5.41, 5.74) is 0. The zero-order valence-corrected chi connectivity index (χ0v) is 17.2. The molecule has 132 valence electrons. The van der Waals surface area contributed by atoms with E-state index >= 15 is 0 Å². The fourth-order valence-electron chi connectivity index (χ4n) is 1.75. The second-order valence-corrected chi connectivity index (χ2v) is 16.1. The van der Waals surface area contributed by atoms with Crippen LogP contribution in [0.5, 0.6) is 0 Å². The maximum atomic E-state index is 9.89. The lowest BCUT2D eigenvalue weighted by atomic mass is 10.3. The molecule has 0 spiro atoms. The largest absolute Gasteiger partial charge is 0.867 e. The molecule has 0 aliphatic rings. The Bertz CT molecular complexity index is 500. The topological polar surface area (TPSA) is 46.1 Å². The molecule has 0 saturated heterocycles. The first-order valence-electron chi connectivity index (χ1n) is 7.64. The van der Waals surface area contributed by atoms with Crippen molar-refractivity contribution in [3.05, 3.63) is 60.7 Å². The Morgan fingerprint density at radius 2 is 0.833 bits per heavy atom. The lowest BCUT2D eigenvalue weighted by Crippen LogP contribution is -2.39. The van der Waals surface area contributed by atoms with E-state index in [4.69, 9.17) is 10.0 Å². The van der Waals surface area contributed by atoms with Gasteiger partial charge in [-0.2, -0.15) is 0 Å². The Balaban J connectivity index is 0.000000363. The number of hydrogen-bond donors (Lipinski definition) is 0. The van der Waals surface area contributed by atoms with Crippen LogP contribution in [-0.2, 0) is 0 Å². The summed E-state index contributed by atoms with van der Waals surface area (Å²) in [6.07, 6.45) is 0. The van der Waals surface area contributed by atoms with E-state index in [1.54, 1.807) is 0 Å². The summed E-state index contributed by atoms with van der Waals surface area (Å²) in [7, 11) is -4.70. The van der Waals surface area contributed by atoms with E-state index in [2.05, 4.69) is 101 Å². The van der Waals surface area contributed by atoms with Crippen LogP contribution in [0.1, 0.15) is 0 Å². The first-order valence-corrected chi connectivity index (χ1v) is 13.9. The second kappa shape index (κ2) is 11.0. The quantitative estimate of drug-likeness (QED) is 0.602. The molecule has 0 aromatic heterocycles. The standard InChI is InChI=1S/2C9H14P.BFO2/c2*1-10(2,3)9-7-5-4-6-8-9;2-1(3)4/h2*4-8H,1-3H3;/q2*+1;-2. The zero-order valence-electron chi connectivity index (χ0n) is 15.4. The first kappa shape index (κ1) is 23.2. The van der Waals surface area contributed by atoms with Crippen molar-refractivity contribution in [3.63, 3.8) is 0 Å². The number of hydrogen-bond acceptors (Lipinski definition) is 2. The van der Waals surface area contributed by atoms with Crippen LogP contribution in [0.25, 0.3) is 0 Å². The van der Waals surface area contributed by atoms with Crippen molar-refractivity contribution < 1.29 is 14.4 Å². The smallest absolute Gasteiger partial charge is 0.121 e. The van der Waals surface area contributed by atoms with Gasteiger partial charge in [-0.3, -0.25) is 0 Å². The summed E-state index contributed by atoms with van der Waals surface area (Å²) in [6, 6.07) is 21.4. The summed E-state index contributed by atoms with van der Waals surface area (Å²) in [5, 5.41) is 19.6. The van der Waals surface area contributed by atoms with Gasteiger partial charge < -0.3 is 14.4 Å². The van der Waals surface area contributed by atoms with Crippen molar-refractivity contribution in [3.8, 4) is 0 Å². The van der Waals surface area contributed by atoms with Gasteiger partial charge >= 0.3 is 0 Å². The third-order valence-electron chi connectivity index (χ3n) is 3.06. The zero-order chi connectivity index (χ0) is 18.8. The predicted molar refractivity (Wildman–Crippen MR) is 108 cm³/mol. The highest BCUT2D eigenvalue weighted by atomic mass is 31.2. The SMILES string of the molecule is C[P+](C)(C)c1ccccc1.C[P+](C)(C)c1ccccc1.[O-]B([O-])F. The van der Waals surface area contributed by atoms with Crippen molar-refractivity contribution in [1.29, 1.82) is 0 Å². The van der Waals surface area contributed by atoms with Crippen LogP contribution in [0.3, 0.4) is 0 Å². The van der Waals surface area contributed by atoms with E-state index in [0.717, 1.165) is 0 Å². The number of halogens is 1. The molecule has 0 radical (unpaired) electrons. The van der Waals surface area contributed by atoms with Crippen molar-refractivity contribution in [2.24, 2.45) is 0 Å². The highest BCUT2D eigenvalue weighted by molar-refractivity contribution is 7.81. The van der Waals surface area contributed by atoms with Gasteiger partial charge in [0.25, 0.3) is 0 Å². The van der Waals surface area contributed by atoms with E-state index in [1.165, 1.54) is 10.6 Å².